The van der Waals surface area contributed by atoms with Crippen molar-refractivity contribution in [2.24, 2.45) is 0 Å². The minimum Gasteiger partial charge on any atom is -0.482 e. The molecule has 0 bridgehead atoms. The van der Waals surface area contributed by atoms with Gasteiger partial charge in [-0.25, -0.2) is 13.4 Å². The SMILES string of the molecule is Cc1ccc(C)c(S(=O)(=O)Nc2nc(-c3ccc4c(c3)N(C)C(=O)CO4)c(C)s2)c1. The van der Waals surface area contributed by atoms with Gasteiger partial charge in [0.05, 0.1) is 16.3 Å². The molecule has 0 saturated heterocycles. The number of rotatable bonds is 4. The molecule has 7 nitrogen and oxygen atoms in total. The molecule has 1 N–H and O–H groups in total. The maximum atomic E-state index is 12.9. The molecule has 3 aromatic rings. The van der Waals surface area contributed by atoms with Crippen molar-refractivity contribution in [1.29, 1.82) is 0 Å². The Hall–Kier alpha value is -2.91. The number of carbonyl (C=O) groups excluding carboxylic acids is 1. The van der Waals surface area contributed by atoms with E-state index in [1.807, 2.05) is 32.0 Å². The summed E-state index contributed by atoms with van der Waals surface area (Å²) in [6.45, 7) is 5.52. The number of hydrogen-bond donors (Lipinski definition) is 1. The van der Waals surface area contributed by atoms with E-state index in [9.17, 15) is 13.2 Å². The second kappa shape index (κ2) is 7.41. The molecule has 0 atom stereocenters. The number of aromatic nitrogens is 1. The van der Waals surface area contributed by atoms with Crippen LogP contribution in [0.5, 0.6) is 5.75 Å². The standard InChI is InChI=1S/C21H21N3O4S2/c1-12-5-6-13(2)18(9-12)30(26,27)23-21-22-20(14(3)29-21)15-7-8-17-16(10-15)24(4)19(25)11-28-17/h5-10H,11H2,1-4H3,(H,22,23). The van der Waals surface area contributed by atoms with Crippen molar-refractivity contribution in [3.63, 3.8) is 0 Å². The van der Waals surface area contributed by atoms with Crippen LogP contribution in [0, 0.1) is 20.8 Å². The molecule has 156 valence electrons. The molecule has 0 fully saturated rings. The number of benzene rings is 2. The van der Waals surface area contributed by atoms with Crippen LogP contribution in [-0.4, -0.2) is 33.0 Å². The Morgan fingerprint density at radius 1 is 1.13 bits per heavy atom. The maximum Gasteiger partial charge on any atom is 0.264 e. The molecule has 2 heterocycles. The summed E-state index contributed by atoms with van der Waals surface area (Å²) < 4.78 is 33.9. The number of carbonyl (C=O) groups is 1. The summed E-state index contributed by atoms with van der Waals surface area (Å²) in [6.07, 6.45) is 0. The number of likely N-dealkylation sites (N-methyl/N-ethyl adjacent to an activating group) is 1. The highest BCUT2D eigenvalue weighted by atomic mass is 32.2. The van der Waals surface area contributed by atoms with Gasteiger partial charge in [-0.1, -0.05) is 12.1 Å². The van der Waals surface area contributed by atoms with E-state index in [2.05, 4.69) is 9.71 Å². The molecule has 1 aliphatic heterocycles. The number of hydrogen-bond acceptors (Lipinski definition) is 6. The first kappa shape index (κ1) is 20.4. The lowest BCUT2D eigenvalue weighted by Crippen LogP contribution is -2.35. The van der Waals surface area contributed by atoms with Crippen LogP contribution < -0.4 is 14.4 Å². The van der Waals surface area contributed by atoms with Crippen LogP contribution in [0.3, 0.4) is 0 Å². The van der Waals surface area contributed by atoms with Crippen LogP contribution in [0.25, 0.3) is 11.3 Å². The predicted molar refractivity (Wildman–Crippen MR) is 118 cm³/mol. The minimum atomic E-state index is -3.76. The first-order valence-electron chi connectivity index (χ1n) is 9.27. The van der Waals surface area contributed by atoms with Crippen molar-refractivity contribution in [3.05, 3.63) is 52.4 Å². The first-order chi connectivity index (χ1) is 14.2. The Morgan fingerprint density at radius 2 is 1.90 bits per heavy atom. The van der Waals surface area contributed by atoms with E-state index in [0.717, 1.165) is 16.0 Å². The lowest BCUT2D eigenvalue weighted by Gasteiger charge is -2.26. The van der Waals surface area contributed by atoms with E-state index < -0.39 is 10.0 Å². The molecule has 0 saturated carbocycles. The molecule has 9 heteroatoms. The second-order valence-electron chi connectivity index (χ2n) is 7.22. The Bertz CT molecular complexity index is 1270. The molecule has 30 heavy (non-hydrogen) atoms. The number of ether oxygens (including phenoxy) is 1. The third kappa shape index (κ3) is 3.66. The third-order valence-corrected chi connectivity index (χ3v) is 7.47. The van der Waals surface area contributed by atoms with Gasteiger partial charge in [-0.2, -0.15) is 0 Å². The molecule has 1 aliphatic rings. The van der Waals surface area contributed by atoms with Crippen LogP contribution >= 0.6 is 11.3 Å². The average molecular weight is 444 g/mol. The third-order valence-electron chi connectivity index (χ3n) is 4.97. The van der Waals surface area contributed by atoms with Crippen LogP contribution in [-0.2, 0) is 14.8 Å². The second-order valence-corrected chi connectivity index (χ2v) is 10.1. The molecule has 0 unspecified atom stereocenters. The molecule has 2 aromatic carbocycles. The molecule has 1 aromatic heterocycles. The van der Waals surface area contributed by atoms with Gasteiger partial charge in [0.25, 0.3) is 15.9 Å². The number of fused-ring (bicyclic) bond motifs is 1. The van der Waals surface area contributed by atoms with Gasteiger partial charge in [0.15, 0.2) is 11.7 Å². The fraction of sp³-hybridized carbons (Fsp3) is 0.238. The molecule has 0 aliphatic carbocycles. The van der Waals surface area contributed by atoms with Gasteiger partial charge in [-0.15, -0.1) is 11.3 Å². The number of sulfonamides is 1. The summed E-state index contributed by atoms with van der Waals surface area (Å²) in [7, 11) is -2.06. The normalized spacial score (nSPS) is 13.7. The largest absolute Gasteiger partial charge is 0.482 e. The smallest absolute Gasteiger partial charge is 0.264 e. The van der Waals surface area contributed by atoms with Crippen molar-refractivity contribution >= 4 is 38.1 Å². The fourth-order valence-electron chi connectivity index (χ4n) is 3.29. The van der Waals surface area contributed by atoms with Crippen molar-refractivity contribution in [2.45, 2.75) is 25.7 Å². The van der Waals surface area contributed by atoms with Gasteiger partial charge in [0.2, 0.25) is 0 Å². The monoisotopic (exact) mass is 443 g/mol. The van der Waals surface area contributed by atoms with Gasteiger partial charge in [0, 0.05) is 17.5 Å². The van der Waals surface area contributed by atoms with Crippen LogP contribution in [0.15, 0.2) is 41.3 Å². The molecular weight excluding hydrogens is 422 g/mol. The Balaban J connectivity index is 1.68. The number of amides is 1. The van der Waals surface area contributed by atoms with E-state index in [1.165, 1.54) is 11.3 Å². The summed E-state index contributed by atoms with van der Waals surface area (Å²) in [5.74, 6) is 0.501. The lowest BCUT2D eigenvalue weighted by molar-refractivity contribution is -0.120. The average Bonchev–Trinajstić information content (AvgIpc) is 3.05. The van der Waals surface area contributed by atoms with Crippen LogP contribution in [0.4, 0.5) is 10.8 Å². The van der Waals surface area contributed by atoms with E-state index >= 15 is 0 Å². The van der Waals surface area contributed by atoms with Gasteiger partial charge >= 0.3 is 0 Å². The zero-order valence-electron chi connectivity index (χ0n) is 17.0. The quantitative estimate of drug-likeness (QED) is 0.661. The van der Waals surface area contributed by atoms with E-state index in [4.69, 9.17) is 4.74 Å². The fourth-order valence-corrected chi connectivity index (χ4v) is 5.70. The topological polar surface area (TPSA) is 88.6 Å². The highest BCUT2D eigenvalue weighted by Crippen LogP contribution is 2.38. The van der Waals surface area contributed by atoms with E-state index in [0.29, 0.717) is 27.8 Å². The maximum absolute atomic E-state index is 12.9. The van der Waals surface area contributed by atoms with Crippen molar-refractivity contribution in [1.82, 2.24) is 4.98 Å². The van der Waals surface area contributed by atoms with Gasteiger partial charge < -0.3 is 9.64 Å². The minimum absolute atomic E-state index is 0.0167. The molecule has 0 spiro atoms. The Morgan fingerprint density at radius 3 is 2.67 bits per heavy atom. The van der Waals surface area contributed by atoms with E-state index in [1.54, 1.807) is 37.1 Å². The number of aryl methyl sites for hydroxylation is 3. The van der Waals surface area contributed by atoms with Crippen molar-refractivity contribution in [3.8, 4) is 17.0 Å². The van der Waals surface area contributed by atoms with Gasteiger partial charge in [-0.05, 0) is 56.2 Å². The summed E-state index contributed by atoms with van der Waals surface area (Å²) in [6, 6.07) is 10.8. The number of thiazole rings is 1. The van der Waals surface area contributed by atoms with Gasteiger partial charge in [0.1, 0.15) is 5.75 Å². The zero-order chi connectivity index (χ0) is 21.6. The molecule has 4 rings (SSSR count). The zero-order valence-corrected chi connectivity index (χ0v) is 18.6. The molecule has 0 radical (unpaired) electrons. The van der Waals surface area contributed by atoms with Gasteiger partial charge in [-0.3, -0.25) is 9.52 Å². The number of nitrogens with one attached hydrogen (secondary N) is 1. The molecular formula is C21H21N3O4S2. The Kier molecular flexibility index (Phi) is 5.03. The summed E-state index contributed by atoms with van der Waals surface area (Å²) >= 11 is 1.27. The lowest BCUT2D eigenvalue weighted by atomic mass is 10.1. The Labute approximate surface area is 179 Å². The van der Waals surface area contributed by atoms with Crippen molar-refractivity contribution < 1.29 is 17.9 Å². The van der Waals surface area contributed by atoms with E-state index in [-0.39, 0.29) is 17.4 Å². The van der Waals surface area contributed by atoms with Crippen LogP contribution in [0.1, 0.15) is 16.0 Å². The predicted octanol–water partition coefficient (Wildman–Crippen LogP) is 3.89. The number of anilines is 2. The number of nitrogens with zero attached hydrogens (tertiary/aromatic N) is 2. The first-order valence-corrected chi connectivity index (χ1v) is 11.6. The highest BCUT2D eigenvalue weighted by Gasteiger charge is 2.24. The highest BCUT2D eigenvalue weighted by molar-refractivity contribution is 7.93. The van der Waals surface area contributed by atoms with Crippen molar-refractivity contribution in [2.75, 3.05) is 23.3 Å². The summed E-state index contributed by atoms with van der Waals surface area (Å²) in [4.78, 5) is 19.1. The molecule has 1 amide bonds. The summed E-state index contributed by atoms with van der Waals surface area (Å²) in [5.41, 5.74) is 3.64. The van der Waals surface area contributed by atoms with Crippen LogP contribution in [0.2, 0.25) is 0 Å². The summed E-state index contributed by atoms with van der Waals surface area (Å²) in [5, 5.41) is 0.293.